The van der Waals surface area contributed by atoms with Gasteiger partial charge < -0.3 is 4.98 Å². The van der Waals surface area contributed by atoms with Gasteiger partial charge in [-0.1, -0.05) is 0 Å². The van der Waals surface area contributed by atoms with Crippen LogP contribution in [0.3, 0.4) is 0 Å². The van der Waals surface area contributed by atoms with Crippen molar-refractivity contribution in [1.82, 2.24) is 15.0 Å². The van der Waals surface area contributed by atoms with E-state index in [0.717, 1.165) is 0 Å². The Balaban J connectivity index is -0.000000163. The van der Waals surface area contributed by atoms with Crippen LogP contribution in [0.5, 0.6) is 0 Å². The van der Waals surface area contributed by atoms with E-state index in [4.69, 9.17) is 0 Å². The molecule has 7 heteroatoms. The Morgan fingerprint density at radius 2 is 1.90 bits per heavy atom. The van der Waals surface area contributed by atoms with E-state index in [1.807, 2.05) is 0 Å². The number of rotatable bonds is 0. The molecule has 0 aromatic carbocycles. The minimum Gasteiger partial charge on any atom is -0.322 e. The second kappa shape index (κ2) is 13.1. The van der Waals surface area contributed by atoms with Crippen LogP contribution in [0.4, 0.5) is 0 Å². The normalized spacial score (nSPS) is 6.00. The van der Waals surface area contributed by atoms with Crippen molar-refractivity contribution in [2.45, 2.75) is 0 Å². The summed E-state index contributed by atoms with van der Waals surface area (Å²) < 4.78 is 0.468. The number of hydrogen-bond acceptors (Lipinski definition) is 3. The van der Waals surface area contributed by atoms with Crippen molar-refractivity contribution >= 4 is 166 Å². The molecule has 0 saturated carbocycles. The molecule has 0 aliphatic rings. The van der Waals surface area contributed by atoms with E-state index >= 15 is 0 Å². The van der Waals surface area contributed by atoms with Gasteiger partial charge in [0.1, 0.15) is 6.33 Å². The molecule has 0 aliphatic carbocycles. The summed E-state index contributed by atoms with van der Waals surface area (Å²) in [6.07, 6.45) is 2.90. The third-order valence-corrected chi connectivity index (χ3v) is 0.727. The molecular formula is C3H3K3N3S. The molecule has 0 bridgehead atoms. The Bertz CT molecular complexity index is 185. The first kappa shape index (κ1) is 19.7. The number of nitrogens with zero attached hydrogens (tertiary/aromatic N) is 2. The van der Waals surface area contributed by atoms with Gasteiger partial charge in [-0.15, -0.1) is 0 Å². The topological polar surface area (TPSA) is 41.6 Å². The van der Waals surface area contributed by atoms with E-state index in [1.54, 1.807) is 0 Å². The second-order valence-corrected chi connectivity index (χ2v) is 1.36. The number of H-pyrrole nitrogens is 1. The van der Waals surface area contributed by atoms with Crippen molar-refractivity contribution in [2.24, 2.45) is 0 Å². The van der Waals surface area contributed by atoms with Crippen molar-refractivity contribution in [3.63, 3.8) is 0 Å². The minimum atomic E-state index is 0. The van der Waals surface area contributed by atoms with Crippen molar-refractivity contribution in [2.75, 3.05) is 0 Å². The maximum absolute atomic E-state index is 4.61. The third kappa shape index (κ3) is 10.2. The summed E-state index contributed by atoms with van der Waals surface area (Å²) in [7, 11) is 0. The van der Waals surface area contributed by atoms with Gasteiger partial charge in [0.2, 0.25) is 0 Å². The Hall–Kier alpha value is 4.14. The number of aromatic nitrogens is 3. The van der Waals surface area contributed by atoms with E-state index in [2.05, 4.69) is 27.2 Å². The molecule has 1 N–H and O–H groups in total. The molecule has 39 valence electrons. The summed E-state index contributed by atoms with van der Waals surface area (Å²) >= 11 is 4.61. The molecule has 1 aromatic rings. The summed E-state index contributed by atoms with van der Waals surface area (Å²) in [4.78, 5) is 9.86. The van der Waals surface area contributed by atoms with Crippen molar-refractivity contribution < 1.29 is 0 Å². The van der Waals surface area contributed by atoms with Crippen molar-refractivity contribution in [3.05, 3.63) is 17.4 Å². The molecule has 0 fully saturated rings. The van der Waals surface area contributed by atoms with Gasteiger partial charge in [0.05, 0.1) is 6.33 Å². The van der Waals surface area contributed by atoms with Crippen LogP contribution >= 0.6 is 12.2 Å². The summed E-state index contributed by atoms with van der Waals surface area (Å²) in [5, 5.41) is 0. The van der Waals surface area contributed by atoms with Crippen LogP contribution in [0.15, 0.2) is 12.7 Å². The van der Waals surface area contributed by atoms with Crippen LogP contribution in [0.1, 0.15) is 0 Å². The molecule has 10 heavy (non-hydrogen) atoms. The first-order valence-electron chi connectivity index (χ1n) is 1.74. The summed E-state index contributed by atoms with van der Waals surface area (Å²) in [5.74, 6) is 0. The van der Waals surface area contributed by atoms with Gasteiger partial charge in [-0.25, -0.2) is 9.97 Å². The predicted molar refractivity (Wildman–Crippen MR) is 44.5 cm³/mol. The van der Waals surface area contributed by atoms with E-state index in [1.165, 1.54) is 12.7 Å². The molecule has 0 amide bonds. The average molecular weight is 230 g/mol. The van der Waals surface area contributed by atoms with Crippen molar-refractivity contribution in [1.29, 1.82) is 0 Å². The minimum absolute atomic E-state index is 0. The van der Waals surface area contributed by atoms with Crippen LogP contribution in [0, 0.1) is 4.77 Å². The summed E-state index contributed by atoms with van der Waals surface area (Å²) in [5.41, 5.74) is 0. The first-order valence-corrected chi connectivity index (χ1v) is 2.15. The van der Waals surface area contributed by atoms with E-state index in [9.17, 15) is 0 Å². The molecule has 1 heterocycles. The van der Waals surface area contributed by atoms with Crippen LogP contribution in [-0.2, 0) is 0 Å². The molecule has 3 nitrogen and oxygen atoms in total. The fourth-order valence-electron chi connectivity index (χ4n) is 0.249. The van der Waals surface area contributed by atoms with Crippen LogP contribution < -0.4 is 0 Å². The first-order chi connectivity index (χ1) is 3.39. The molecule has 0 atom stereocenters. The predicted octanol–water partition coefficient (Wildman–Crippen LogP) is -0.608. The molecule has 0 aliphatic heterocycles. The fourth-order valence-corrected chi connectivity index (χ4v) is 0.349. The number of aromatic amines is 1. The second-order valence-electron chi connectivity index (χ2n) is 0.972. The van der Waals surface area contributed by atoms with Gasteiger partial charge in [-0.05, 0) is 12.2 Å². The van der Waals surface area contributed by atoms with Gasteiger partial charge in [0, 0.05) is 154 Å². The number of hydrogen-bond donors (Lipinski definition) is 1. The van der Waals surface area contributed by atoms with Gasteiger partial charge in [-0.2, -0.15) is 0 Å². The van der Waals surface area contributed by atoms with E-state index in [-0.39, 0.29) is 154 Å². The molecule has 0 unspecified atom stereocenters. The molecule has 0 saturated heterocycles. The van der Waals surface area contributed by atoms with Gasteiger partial charge in [-0.3, -0.25) is 0 Å². The van der Waals surface area contributed by atoms with Gasteiger partial charge >= 0.3 is 0 Å². The molecular weight excluding hydrogens is 227 g/mol. The summed E-state index contributed by atoms with van der Waals surface area (Å²) in [6.45, 7) is 0. The summed E-state index contributed by atoms with van der Waals surface area (Å²) in [6, 6.07) is 0. The fraction of sp³-hybridized carbons (Fsp3) is 0. The standard InChI is InChI=1S/C3H3N3S.3K/c7-3-5-1-4-2-6-3;;;/h1-2H,(H,4,5,6,7);;;. The van der Waals surface area contributed by atoms with E-state index < -0.39 is 0 Å². The van der Waals surface area contributed by atoms with Gasteiger partial charge in [0.25, 0.3) is 0 Å². The largest absolute Gasteiger partial charge is 0.322 e. The monoisotopic (exact) mass is 230 g/mol. The SMILES string of the molecule is S=c1ncnc[nH]1.[K].[K].[K]. The maximum Gasteiger partial charge on any atom is 0.199 e. The average Bonchev–Trinajstić information content (AvgIpc) is 1.69. The Morgan fingerprint density at radius 1 is 1.30 bits per heavy atom. The molecule has 3 radical (unpaired) electrons. The smallest absolute Gasteiger partial charge is 0.199 e. The quantitative estimate of drug-likeness (QED) is 0.478. The van der Waals surface area contributed by atoms with Gasteiger partial charge in [0.15, 0.2) is 4.77 Å². The van der Waals surface area contributed by atoms with E-state index in [0.29, 0.717) is 4.77 Å². The Morgan fingerprint density at radius 3 is 2.10 bits per heavy atom. The Kier molecular flexibility index (Phi) is 25.8. The maximum atomic E-state index is 4.61. The molecule has 1 rings (SSSR count). The van der Waals surface area contributed by atoms with Crippen molar-refractivity contribution in [3.8, 4) is 0 Å². The third-order valence-electron chi connectivity index (χ3n) is 0.504. The molecule has 0 spiro atoms. The van der Waals surface area contributed by atoms with Crippen LogP contribution in [0.2, 0.25) is 0 Å². The zero-order valence-electron chi connectivity index (χ0n) is 6.46. The number of nitrogens with one attached hydrogen (secondary N) is 1. The molecule has 1 aromatic heterocycles. The Labute approximate surface area is 192 Å². The van der Waals surface area contributed by atoms with Crippen LogP contribution in [-0.4, -0.2) is 169 Å². The van der Waals surface area contributed by atoms with Crippen LogP contribution in [0.25, 0.3) is 0 Å². The zero-order valence-corrected chi connectivity index (χ0v) is 16.6. The zero-order chi connectivity index (χ0) is 5.11.